The zero-order chi connectivity index (χ0) is 13.6. The molecule has 5 heteroatoms. The van der Waals surface area contributed by atoms with Crippen molar-refractivity contribution in [1.82, 2.24) is 5.32 Å². The standard InChI is InChI=1S/C13H20N2OS2/c1-13(2,18-3)12(16)15-9-8-14-10-6-4-5-7-11(10)17/h4-7,14,17H,8-9H2,1-3H3,(H,15,16). The normalized spacial score (nSPS) is 11.1. The molecule has 0 bridgehead atoms. The monoisotopic (exact) mass is 284 g/mol. The van der Waals surface area contributed by atoms with Crippen LogP contribution in [0, 0.1) is 0 Å². The van der Waals surface area contributed by atoms with Crippen LogP contribution in [0.4, 0.5) is 5.69 Å². The lowest BCUT2D eigenvalue weighted by Crippen LogP contribution is -2.41. The summed E-state index contributed by atoms with van der Waals surface area (Å²) in [4.78, 5) is 12.7. The molecule has 0 saturated heterocycles. The summed E-state index contributed by atoms with van der Waals surface area (Å²) >= 11 is 5.90. The van der Waals surface area contributed by atoms with E-state index in [4.69, 9.17) is 0 Å². The molecule has 3 nitrogen and oxygen atoms in total. The number of rotatable bonds is 6. The Labute approximate surface area is 119 Å². The molecule has 0 fully saturated rings. The predicted octanol–water partition coefficient (Wildman–Crippen LogP) is 2.65. The number of carbonyl (C=O) groups is 1. The third-order valence-corrected chi connectivity index (χ3v) is 4.28. The lowest BCUT2D eigenvalue weighted by atomic mass is 10.2. The Balaban J connectivity index is 2.32. The molecule has 0 radical (unpaired) electrons. The fourth-order valence-electron chi connectivity index (χ4n) is 1.30. The number of thioether (sulfide) groups is 1. The van der Waals surface area contributed by atoms with Gasteiger partial charge in [0.25, 0.3) is 0 Å². The number of thiol groups is 1. The number of amides is 1. The molecule has 0 atom stereocenters. The summed E-state index contributed by atoms with van der Waals surface area (Å²) in [5, 5.41) is 6.16. The molecule has 0 aliphatic heterocycles. The van der Waals surface area contributed by atoms with Crippen LogP contribution in [-0.2, 0) is 4.79 Å². The van der Waals surface area contributed by atoms with Crippen LogP contribution in [0.5, 0.6) is 0 Å². The molecule has 0 spiro atoms. The molecule has 0 aliphatic rings. The third-order valence-electron chi connectivity index (χ3n) is 2.69. The van der Waals surface area contributed by atoms with E-state index in [9.17, 15) is 4.79 Å². The molecule has 18 heavy (non-hydrogen) atoms. The van der Waals surface area contributed by atoms with Crippen molar-refractivity contribution >= 4 is 36.0 Å². The highest BCUT2D eigenvalue weighted by Gasteiger charge is 2.25. The molecule has 1 amide bonds. The van der Waals surface area contributed by atoms with Gasteiger partial charge in [-0.05, 0) is 32.2 Å². The van der Waals surface area contributed by atoms with E-state index in [1.165, 1.54) is 0 Å². The van der Waals surface area contributed by atoms with Crippen LogP contribution >= 0.6 is 24.4 Å². The molecule has 1 aromatic rings. The number of anilines is 1. The van der Waals surface area contributed by atoms with Gasteiger partial charge >= 0.3 is 0 Å². The van der Waals surface area contributed by atoms with Gasteiger partial charge in [0.1, 0.15) is 0 Å². The fraction of sp³-hybridized carbons (Fsp3) is 0.462. The van der Waals surface area contributed by atoms with Crippen molar-refractivity contribution in [3.8, 4) is 0 Å². The van der Waals surface area contributed by atoms with Gasteiger partial charge in [-0.1, -0.05) is 12.1 Å². The van der Waals surface area contributed by atoms with Gasteiger partial charge < -0.3 is 10.6 Å². The Kier molecular flexibility index (Phi) is 5.88. The maximum absolute atomic E-state index is 11.8. The second-order valence-corrected chi connectivity index (χ2v) is 6.32. The number of hydrogen-bond donors (Lipinski definition) is 3. The number of para-hydroxylation sites is 1. The van der Waals surface area contributed by atoms with Crippen LogP contribution < -0.4 is 10.6 Å². The minimum absolute atomic E-state index is 0.0657. The van der Waals surface area contributed by atoms with Gasteiger partial charge in [0, 0.05) is 23.7 Å². The SMILES string of the molecule is CSC(C)(C)C(=O)NCCNc1ccccc1S. The molecular weight excluding hydrogens is 264 g/mol. The highest BCUT2D eigenvalue weighted by molar-refractivity contribution is 8.00. The van der Waals surface area contributed by atoms with E-state index in [0.29, 0.717) is 13.1 Å². The number of nitrogens with one attached hydrogen (secondary N) is 2. The Morgan fingerprint density at radius 1 is 1.33 bits per heavy atom. The Morgan fingerprint density at radius 3 is 2.61 bits per heavy atom. The van der Waals surface area contributed by atoms with Crippen LogP contribution in [0.1, 0.15) is 13.8 Å². The topological polar surface area (TPSA) is 41.1 Å². The first-order valence-electron chi connectivity index (χ1n) is 5.82. The first-order valence-corrected chi connectivity index (χ1v) is 7.50. The minimum Gasteiger partial charge on any atom is -0.382 e. The Bertz CT molecular complexity index is 408. The second-order valence-electron chi connectivity index (χ2n) is 4.41. The van der Waals surface area contributed by atoms with Crippen molar-refractivity contribution < 1.29 is 4.79 Å². The van der Waals surface area contributed by atoms with Crippen LogP contribution in [0.3, 0.4) is 0 Å². The van der Waals surface area contributed by atoms with Crippen molar-refractivity contribution in [2.24, 2.45) is 0 Å². The third kappa shape index (κ3) is 4.46. The molecule has 100 valence electrons. The zero-order valence-electron chi connectivity index (χ0n) is 11.0. The summed E-state index contributed by atoms with van der Waals surface area (Å²) in [5.74, 6) is 0.0657. The largest absolute Gasteiger partial charge is 0.382 e. The van der Waals surface area contributed by atoms with Crippen molar-refractivity contribution in [2.45, 2.75) is 23.5 Å². The maximum Gasteiger partial charge on any atom is 0.235 e. The predicted molar refractivity (Wildman–Crippen MR) is 82.8 cm³/mol. The molecule has 2 N–H and O–H groups in total. The van der Waals surface area contributed by atoms with Crippen molar-refractivity contribution in [1.29, 1.82) is 0 Å². The highest BCUT2D eigenvalue weighted by Crippen LogP contribution is 2.21. The lowest BCUT2D eigenvalue weighted by molar-refractivity contribution is -0.122. The van der Waals surface area contributed by atoms with Crippen LogP contribution in [0.2, 0.25) is 0 Å². The number of carbonyl (C=O) groups excluding carboxylic acids is 1. The van der Waals surface area contributed by atoms with Gasteiger partial charge in [0.05, 0.1) is 4.75 Å². The van der Waals surface area contributed by atoms with Gasteiger partial charge in [0.2, 0.25) is 5.91 Å². The Morgan fingerprint density at radius 2 is 2.00 bits per heavy atom. The van der Waals surface area contributed by atoms with Crippen molar-refractivity contribution in [3.63, 3.8) is 0 Å². The molecule has 0 unspecified atom stereocenters. The summed E-state index contributed by atoms with van der Waals surface area (Å²) in [5.41, 5.74) is 0.985. The molecule has 0 aliphatic carbocycles. The molecule has 1 aromatic carbocycles. The molecule has 0 aromatic heterocycles. The van der Waals surface area contributed by atoms with Crippen LogP contribution in [-0.4, -0.2) is 30.0 Å². The summed E-state index contributed by atoms with van der Waals surface area (Å²) in [7, 11) is 0. The smallest absolute Gasteiger partial charge is 0.235 e. The van der Waals surface area contributed by atoms with Gasteiger partial charge in [-0.25, -0.2) is 0 Å². The molecule has 1 rings (SSSR count). The van der Waals surface area contributed by atoms with E-state index in [1.54, 1.807) is 11.8 Å². The van der Waals surface area contributed by atoms with E-state index in [1.807, 2.05) is 44.4 Å². The van der Waals surface area contributed by atoms with E-state index in [0.717, 1.165) is 10.6 Å². The first kappa shape index (κ1) is 15.2. The summed E-state index contributed by atoms with van der Waals surface area (Å²) in [6.07, 6.45) is 1.94. The van der Waals surface area contributed by atoms with Gasteiger partial charge in [-0.2, -0.15) is 0 Å². The zero-order valence-corrected chi connectivity index (χ0v) is 12.7. The quantitative estimate of drug-likeness (QED) is 0.556. The van der Waals surface area contributed by atoms with Gasteiger partial charge in [0.15, 0.2) is 0 Å². The summed E-state index contributed by atoms with van der Waals surface area (Å²) in [6.45, 7) is 5.13. The van der Waals surface area contributed by atoms with Gasteiger partial charge in [-0.3, -0.25) is 4.79 Å². The average Bonchev–Trinajstić information content (AvgIpc) is 2.36. The van der Waals surface area contributed by atoms with Crippen LogP contribution in [0.15, 0.2) is 29.2 Å². The van der Waals surface area contributed by atoms with Crippen molar-refractivity contribution in [2.75, 3.05) is 24.7 Å². The summed E-state index contributed by atoms with van der Waals surface area (Å²) in [6, 6.07) is 7.80. The second kappa shape index (κ2) is 6.95. The average molecular weight is 284 g/mol. The Hall–Kier alpha value is -0.810. The minimum atomic E-state index is -0.374. The lowest BCUT2D eigenvalue weighted by Gasteiger charge is -2.21. The van der Waals surface area contributed by atoms with Crippen LogP contribution in [0.25, 0.3) is 0 Å². The first-order chi connectivity index (χ1) is 8.47. The summed E-state index contributed by atoms with van der Waals surface area (Å²) < 4.78 is -0.374. The van der Waals surface area contributed by atoms with E-state index in [2.05, 4.69) is 23.3 Å². The molecule has 0 saturated carbocycles. The highest BCUT2D eigenvalue weighted by atomic mass is 32.2. The van der Waals surface area contributed by atoms with E-state index in [-0.39, 0.29) is 10.7 Å². The molecule has 0 heterocycles. The van der Waals surface area contributed by atoms with Gasteiger partial charge in [-0.15, -0.1) is 24.4 Å². The molecular formula is C13H20N2OS2. The van der Waals surface area contributed by atoms with Crippen molar-refractivity contribution in [3.05, 3.63) is 24.3 Å². The van der Waals surface area contributed by atoms with E-state index >= 15 is 0 Å². The fourth-order valence-corrected chi connectivity index (χ4v) is 1.80. The van der Waals surface area contributed by atoms with E-state index < -0.39 is 0 Å². The number of benzene rings is 1. The maximum atomic E-state index is 11.8. The number of hydrogen-bond acceptors (Lipinski definition) is 4.